The van der Waals surface area contributed by atoms with Gasteiger partial charge in [-0.1, -0.05) is 18.2 Å². The molecule has 0 aliphatic rings. The maximum atomic E-state index is 5.38. The number of anilines is 3. The van der Waals surface area contributed by atoms with Gasteiger partial charge in [0.2, 0.25) is 5.95 Å². The minimum absolute atomic E-state index is 0.556. The quantitative estimate of drug-likeness (QED) is 0.583. The zero-order chi connectivity index (χ0) is 19.8. The number of ether oxygens (including phenoxy) is 3. The lowest BCUT2D eigenvalue weighted by Crippen LogP contribution is -2.09. The lowest BCUT2D eigenvalue weighted by atomic mass is 10.1. The first-order valence-corrected chi connectivity index (χ1v) is 8.91. The molecule has 0 spiro atoms. The third-order valence-electron chi connectivity index (χ3n) is 4.18. The van der Waals surface area contributed by atoms with Crippen molar-refractivity contribution < 1.29 is 14.2 Å². The first-order valence-electron chi connectivity index (χ1n) is 8.91. The van der Waals surface area contributed by atoms with Gasteiger partial charge in [-0.05, 0) is 36.2 Å². The van der Waals surface area contributed by atoms with E-state index in [1.807, 2.05) is 42.5 Å². The van der Waals surface area contributed by atoms with Gasteiger partial charge >= 0.3 is 0 Å². The first kappa shape index (κ1) is 19.3. The molecule has 0 bridgehead atoms. The molecule has 2 aromatic carbocycles. The van der Waals surface area contributed by atoms with Crippen LogP contribution in [0, 0.1) is 0 Å². The Morgan fingerprint density at radius 3 is 2.43 bits per heavy atom. The summed E-state index contributed by atoms with van der Waals surface area (Å²) in [4.78, 5) is 8.78. The van der Waals surface area contributed by atoms with Crippen molar-refractivity contribution in [2.45, 2.75) is 6.42 Å². The van der Waals surface area contributed by atoms with Crippen LogP contribution in [-0.2, 0) is 6.42 Å². The fourth-order valence-corrected chi connectivity index (χ4v) is 2.79. The van der Waals surface area contributed by atoms with E-state index in [-0.39, 0.29) is 0 Å². The molecule has 0 saturated carbocycles. The van der Waals surface area contributed by atoms with Crippen LogP contribution in [0.2, 0.25) is 0 Å². The van der Waals surface area contributed by atoms with E-state index in [0.29, 0.717) is 29.8 Å². The second-order valence-electron chi connectivity index (χ2n) is 5.95. The van der Waals surface area contributed by atoms with E-state index in [4.69, 9.17) is 14.2 Å². The lowest BCUT2D eigenvalue weighted by molar-refractivity contribution is 0.355. The van der Waals surface area contributed by atoms with Crippen molar-refractivity contribution >= 4 is 17.5 Å². The highest BCUT2D eigenvalue weighted by atomic mass is 16.5. The van der Waals surface area contributed by atoms with Crippen molar-refractivity contribution in [1.29, 1.82) is 0 Å². The van der Waals surface area contributed by atoms with Gasteiger partial charge in [0.15, 0.2) is 11.5 Å². The van der Waals surface area contributed by atoms with Crippen LogP contribution in [0.15, 0.2) is 54.7 Å². The highest BCUT2D eigenvalue weighted by molar-refractivity contribution is 5.61. The summed E-state index contributed by atoms with van der Waals surface area (Å²) in [5.74, 6) is 3.45. The van der Waals surface area contributed by atoms with Crippen LogP contribution in [-0.4, -0.2) is 37.8 Å². The molecule has 1 heterocycles. The molecule has 0 amide bonds. The summed E-state index contributed by atoms with van der Waals surface area (Å²) in [5, 5.41) is 6.50. The van der Waals surface area contributed by atoms with Crippen LogP contribution in [0.25, 0.3) is 0 Å². The van der Waals surface area contributed by atoms with Crippen molar-refractivity contribution in [2.24, 2.45) is 0 Å². The predicted molar refractivity (Wildman–Crippen MR) is 110 cm³/mol. The molecule has 0 unspecified atom stereocenters. The Labute approximate surface area is 164 Å². The summed E-state index contributed by atoms with van der Waals surface area (Å²) in [5.41, 5.74) is 1.98. The Morgan fingerprint density at radius 1 is 0.857 bits per heavy atom. The topological polar surface area (TPSA) is 77.5 Å². The number of rotatable bonds is 9. The van der Waals surface area contributed by atoms with E-state index in [9.17, 15) is 0 Å². The molecule has 146 valence electrons. The maximum absolute atomic E-state index is 5.38. The maximum Gasteiger partial charge on any atom is 0.224 e. The zero-order valence-electron chi connectivity index (χ0n) is 16.2. The average molecular weight is 380 g/mol. The van der Waals surface area contributed by atoms with Gasteiger partial charge in [0.05, 0.1) is 21.3 Å². The Bertz CT molecular complexity index is 918. The average Bonchev–Trinajstić information content (AvgIpc) is 2.74. The van der Waals surface area contributed by atoms with E-state index in [2.05, 4.69) is 26.7 Å². The van der Waals surface area contributed by atoms with Crippen LogP contribution >= 0.6 is 0 Å². The van der Waals surface area contributed by atoms with Gasteiger partial charge in [0.1, 0.15) is 11.6 Å². The zero-order valence-corrected chi connectivity index (χ0v) is 16.2. The molecule has 28 heavy (non-hydrogen) atoms. The summed E-state index contributed by atoms with van der Waals surface area (Å²) in [6.07, 6.45) is 2.52. The molecule has 0 atom stereocenters. The minimum atomic E-state index is 0.556. The number of benzene rings is 2. The van der Waals surface area contributed by atoms with Crippen molar-refractivity contribution in [1.82, 2.24) is 9.97 Å². The van der Waals surface area contributed by atoms with Gasteiger partial charge in [0, 0.05) is 24.5 Å². The van der Waals surface area contributed by atoms with Crippen LogP contribution in [0.1, 0.15) is 5.56 Å². The van der Waals surface area contributed by atoms with Crippen LogP contribution in [0.4, 0.5) is 17.5 Å². The van der Waals surface area contributed by atoms with E-state index in [1.165, 1.54) is 0 Å². The van der Waals surface area contributed by atoms with Crippen molar-refractivity contribution in [3.8, 4) is 17.2 Å². The number of methoxy groups -OCH3 is 3. The highest BCUT2D eigenvalue weighted by Gasteiger charge is 2.06. The number of nitrogens with zero attached hydrogens (tertiary/aromatic N) is 2. The normalized spacial score (nSPS) is 10.2. The summed E-state index contributed by atoms with van der Waals surface area (Å²) in [7, 11) is 4.90. The molecule has 0 aliphatic carbocycles. The SMILES string of the molecule is COc1ccccc1CCNc1nccc(Nc2ccc(OC)c(OC)c2)n1. The van der Waals surface area contributed by atoms with Gasteiger partial charge in [-0.15, -0.1) is 0 Å². The molecule has 3 aromatic rings. The van der Waals surface area contributed by atoms with Gasteiger partial charge in [-0.25, -0.2) is 4.98 Å². The van der Waals surface area contributed by atoms with Gasteiger partial charge in [-0.3, -0.25) is 0 Å². The molecule has 0 saturated heterocycles. The molecule has 0 aliphatic heterocycles. The fraction of sp³-hybridized carbons (Fsp3) is 0.238. The molecule has 7 nitrogen and oxygen atoms in total. The van der Waals surface area contributed by atoms with Crippen molar-refractivity contribution in [2.75, 3.05) is 38.5 Å². The van der Waals surface area contributed by atoms with Gasteiger partial charge < -0.3 is 24.8 Å². The summed E-state index contributed by atoms with van der Waals surface area (Å²) in [6.45, 7) is 0.695. The van der Waals surface area contributed by atoms with Crippen molar-refractivity contribution in [3.63, 3.8) is 0 Å². The number of hydrogen-bond acceptors (Lipinski definition) is 7. The molecule has 0 radical (unpaired) electrons. The van der Waals surface area contributed by atoms with Gasteiger partial charge in [-0.2, -0.15) is 4.98 Å². The number of para-hydroxylation sites is 1. The number of aromatic nitrogens is 2. The fourth-order valence-electron chi connectivity index (χ4n) is 2.79. The second-order valence-corrected chi connectivity index (χ2v) is 5.95. The van der Waals surface area contributed by atoms with Crippen LogP contribution in [0.3, 0.4) is 0 Å². The lowest BCUT2D eigenvalue weighted by Gasteiger charge is -2.12. The third-order valence-corrected chi connectivity index (χ3v) is 4.18. The van der Waals surface area contributed by atoms with E-state index in [0.717, 1.165) is 23.4 Å². The largest absolute Gasteiger partial charge is 0.496 e. The Balaban J connectivity index is 1.62. The smallest absolute Gasteiger partial charge is 0.224 e. The second kappa shape index (κ2) is 9.45. The molecule has 0 fully saturated rings. The Hall–Kier alpha value is -3.48. The molecule has 2 N–H and O–H groups in total. The summed E-state index contributed by atoms with van der Waals surface area (Å²) in [6, 6.07) is 15.4. The number of hydrogen-bond donors (Lipinski definition) is 2. The Morgan fingerprint density at radius 2 is 1.64 bits per heavy atom. The third kappa shape index (κ3) is 4.82. The molecule has 1 aromatic heterocycles. The molecule has 7 heteroatoms. The van der Waals surface area contributed by atoms with Gasteiger partial charge in [0.25, 0.3) is 0 Å². The Kier molecular flexibility index (Phi) is 6.51. The first-order chi connectivity index (χ1) is 13.7. The predicted octanol–water partition coefficient (Wildman–Crippen LogP) is 3.90. The van der Waals surface area contributed by atoms with Crippen LogP contribution < -0.4 is 24.8 Å². The monoisotopic (exact) mass is 380 g/mol. The summed E-state index contributed by atoms with van der Waals surface area (Å²) < 4.78 is 16.0. The van der Waals surface area contributed by atoms with Crippen LogP contribution in [0.5, 0.6) is 17.2 Å². The van der Waals surface area contributed by atoms with E-state index in [1.54, 1.807) is 27.5 Å². The van der Waals surface area contributed by atoms with E-state index >= 15 is 0 Å². The standard InChI is InChI=1S/C21H24N4O3/c1-26-17-7-5-4-6-15(17)10-12-22-21-23-13-11-20(25-21)24-16-8-9-18(27-2)19(14-16)28-3/h4-9,11,13-14H,10,12H2,1-3H3,(H2,22,23,24,25). The van der Waals surface area contributed by atoms with E-state index < -0.39 is 0 Å². The molecular weight excluding hydrogens is 356 g/mol. The minimum Gasteiger partial charge on any atom is -0.496 e. The number of nitrogens with one attached hydrogen (secondary N) is 2. The molecule has 3 rings (SSSR count). The summed E-state index contributed by atoms with van der Waals surface area (Å²) >= 11 is 0. The molecular formula is C21H24N4O3. The van der Waals surface area contributed by atoms with Crippen molar-refractivity contribution in [3.05, 3.63) is 60.3 Å². The highest BCUT2D eigenvalue weighted by Crippen LogP contribution is 2.30.